The Morgan fingerprint density at radius 3 is 2.56 bits per heavy atom. The number of thiocarbonyl (C=S) groups is 1. The third-order valence-corrected chi connectivity index (χ3v) is 6.86. The van der Waals surface area contributed by atoms with Crippen molar-refractivity contribution in [3.05, 3.63) is 63.9 Å². The second-order valence-electron chi connectivity index (χ2n) is 8.73. The number of benzene rings is 2. The number of hydrogen-bond acceptors (Lipinski definition) is 6. The number of aromatic nitrogens is 1. The minimum absolute atomic E-state index is 0.150. The lowest BCUT2D eigenvalue weighted by atomic mass is 10.1. The summed E-state index contributed by atoms with van der Waals surface area (Å²) in [6.07, 6.45) is 0.898. The molecule has 0 unspecified atom stereocenters. The van der Waals surface area contributed by atoms with E-state index in [2.05, 4.69) is 33.1 Å². The van der Waals surface area contributed by atoms with Gasteiger partial charge < -0.3 is 29.4 Å². The SMILES string of the molecule is CCc1ccccc1NC(=S)N(CCN1CCOCC1)Cc1cc2cc(OC)c(OC)cc2[nH]c1=O. The molecular formula is C27H34N4O4S. The Morgan fingerprint density at radius 1 is 1.11 bits per heavy atom. The van der Waals surface area contributed by atoms with Crippen molar-refractivity contribution < 1.29 is 14.2 Å². The first-order valence-corrected chi connectivity index (χ1v) is 12.6. The van der Waals surface area contributed by atoms with Gasteiger partial charge >= 0.3 is 0 Å². The van der Waals surface area contributed by atoms with Crippen LogP contribution >= 0.6 is 12.2 Å². The van der Waals surface area contributed by atoms with Crippen LogP contribution in [0.1, 0.15) is 18.1 Å². The zero-order valence-electron chi connectivity index (χ0n) is 21.1. The lowest BCUT2D eigenvalue weighted by Gasteiger charge is -2.31. The number of para-hydroxylation sites is 1. The molecule has 2 aromatic carbocycles. The van der Waals surface area contributed by atoms with Crippen LogP contribution in [0.2, 0.25) is 0 Å². The van der Waals surface area contributed by atoms with Crippen molar-refractivity contribution in [3.63, 3.8) is 0 Å². The van der Waals surface area contributed by atoms with E-state index < -0.39 is 0 Å². The molecule has 2 heterocycles. The van der Waals surface area contributed by atoms with Crippen LogP contribution in [0, 0.1) is 0 Å². The van der Waals surface area contributed by atoms with Crippen molar-refractivity contribution in [2.24, 2.45) is 0 Å². The maximum Gasteiger partial charge on any atom is 0.253 e. The Morgan fingerprint density at radius 2 is 1.83 bits per heavy atom. The molecule has 1 fully saturated rings. The van der Waals surface area contributed by atoms with Gasteiger partial charge in [-0.15, -0.1) is 0 Å². The molecule has 0 saturated carbocycles. The molecule has 0 bridgehead atoms. The van der Waals surface area contributed by atoms with Gasteiger partial charge in [0.1, 0.15) is 0 Å². The zero-order valence-corrected chi connectivity index (χ0v) is 22.0. The molecule has 36 heavy (non-hydrogen) atoms. The first-order valence-electron chi connectivity index (χ1n) is 12.2. The lowest BCUT2D eigenvalue weighted by molar-refractivity contribution is 0.0358. The summed E-state index contributed by atoms with van der Waals surface area (Å²) in [6, 6.07) is 13.7. The Labute approximate surface area is 217 Å². The minimum atomic E-state index is -0.150. The molecule has 4 rings (SSSR count). The van der Waals surface area contributed by atoms with Crippen LogP contribution in [0.25, 0.3) is 10.9 Å². The van der Waals surface area contributed by atoms with Gasteiger partial charge in [-0.3, -0.25) is 9.69 Å². The molecule has 0 atom stereocenters. The summed E-state index contributed by atoms with van der Waals surface area (Å²) in [5, 5.41) is 4.88. The summed E-state index contributed by atoms with van der Waals surface area (Å²) in [6.45, 7) is 7.28. The number of methoxy groups -OCH3 is 2. The fourth-order valence-corrected chi connectivity index (χ4v) is 4.65. The summed E-state index contributed by atoms with van der Waals surface area (Å²) >= 11 is 5.87. The van der Waals surface area contributed by atoms with Gasteiger partial charge in [-0.05, 0) is 42.4 Å². The zero-order chi connectivity index (χ0) is 25.5. The van der Waals surface area contributed by atoms with Gasteiger partial charge in [-0.1, -0.05) is 25.1 Å². The average molecular weight is 511 g/mol. The van der Waals surface area contributed by atoms with Gasteiger partial charge in [0, 0.05) is 48.9 Å². The molecule has 2 N–H and O–H groups in total. The third kappa shape index (κ3) is 6.16. The van der Waals surface area contributed by atoms with E-state index in [-0.39, 0.29) is 5.56 Å². The predicted octanol–water partition coefficient (Wildman–Crippen LogP) is 3.64. The molecule has 3 aromatic rings. The molecule has 0 radical (unpaired) electrons. The molecule has 1 aliphatic heterocycles. The summed E-state index contributed by atoms with van der Waals surface area (Å²) < 4.78 is 16.3. The molecule has 1 aromatic heterocycles. The van der Waals surface area contributed by atoms with Gasteiger partial charge in [0.25, 0.3) is 5.56 Å². The minimum Gasteiger partial charge on any atom is -0.493 e. The van der Waals surface area contributed by atoms with Crippen molar-refractivity contribution in [1.29, 1.82) is 0 Å². The lowest BCUT2D eigenvalue weighted by Crippen LogP contribution is -2.44. The Hall–Kier alpha value is -3.14. The molecule has 9 heteroatoms. The summed E-state index contributed by atoms with van der Waals surface area (Å²) in [5.74, 6) is 1.18. The normalized spacial score (nSPS) is 14.0. The average Bonchev–Trinajstić information content (AvgIpc) is 2.91. The number of morpholine rings is 1. The van der Waals surface area contributed by atoms with E-state index in [9.17, 15) is 4.79 Å². The molecule has 0 amide bonds. The fourth-order valence-electron chi connectivity index (χ4n) is 4.39. The van der Waals surface area contributed by atoms with E-state index in [0.717, 1.165) is 50.3 Å². The highest BCUT2D eigenvalue weighted by Gasteiger charge is 2.18. The van der Waals surface area contributed by atoms with Crippen molar-refractivity contribution in [2.75, 3.05) is 58.9 Å². The molecule has 1 saturated heterocycles. The predicted molar refractivity (Wildman–Crippen MR) is 147 cm³/mol. The molecule has 0 aliphatic carbocycles. The standard InChI is InChI=1S/C27H34N4O4S/c1-4-19-7-5-6-8-22(19)29-27(36)31(10-9-30-11-13-35-14-12-30)18-21-15-20-16-24(33-2)25(34-3)17-23(20)28-26(21)32/h5-8,15-17H,4,9-14,18H2,1-3H3,(H,28,32)(H,29,36). The highest BCUT2D eigenvalue weighted by atomic mass is 32.1. The molecule has 8 nitrogen and oxygen atoms in total. The molecule has 0 spiro atoms. The van der Waals surface area contributed by atoms with Crippen LogP contribution in [0.3, 0.4) is 0 Å². The second-order valence-corrected chi connectivity index (χ2v) is 9.12. The fraction of sp³-hybridized carbons (Fsp3) is 0.407. The van der Waals surface area contributed by atoms with Gasteiger partial charge in [0.05, 0.1) is 39.5 Å². The maximum atomic E-state index is 13.1. The van der Waals surface area contributed by atoms with Crippen molar-refractivity contribution in [3.8, 4) is 11.5 Å². The van der Waals surface area contributed by atoms with Crippen LogP contribution < -0.4 is 20.3 Å². The molecule has 192 valence electrons. The smallest absolute Gasteiger partial charge is 0.253 e. The van der Waals surface area contributed by atoms with E-state index in [1.807, 2.05) is 30.3 Å². The second kappa shape index (κ2) is 12.2. The Bertz CT molecular complexity index is 1260. The quantitative estimate of drug-likeness (QED) is 0.423. The number of rotatable bonds is 9. The monoisotopic (exact) mass is 510 g/mol. The highest BCUT2D eigenvalue weighted by Crippen LogP contribution is 2.31. The van der Waals surface area contributed by atoms with Crippen LogP contribution in [0.4, 0.5) is 5.69 Å². The number of pyridine rings is 1. The number of aryl methyl sites for hydroxylation is 1. The maximum absolute atomic E-state index is 13.1. The molecular weight excluding hydrogens is 476 g/mol. The summed E-state index contributed by atoms with van der Waals surface area (Å²) in [4.78, 5) is 20.5. The number of aromatic amines is 1. The third-order valence-electron chi connectivity index (χ3n) is 6.50. The van der Waals surface area contributed by atoms with E-state index in [0.29, 0.717) is 40.8 Å². The van der Waals surface area contributed by atoms with Gasteiger partial charge in [0.15, 0.2) is 16.6 Å². The van der Waals surface area contributed by atoms with Crippen molar-refractivity contribution in [1.82, 2.24) is 14.8 Å². The van der Waals surface area contributed by atoms with Crippen LogP contribution in [-0.4, -0.2) is 73.5 Å². The number of anilines is 1. The topological polar surface area (TPSA) is 79.1 Å². The number of hydrogen-bond donors (Lipinski definition) is 2. The van der Waals surface area contributed by atoms with E-state index >= 15 is 0 Å². The van der Waals surface area contributed by atoms with E-state index in [4.69, 9.17) is 26.4 Å². The Kier molecular flexibility index (Phi) is 8.79. The van der Waals surface area contributed by atoms with Gasteiger partial charge in [0.2, 0.25) is 0 Å². The van der Waals surface area contributed by atoms with Crippen LogP contribution in [-0.2, 0) is 17.7 Å². The van der Waals surface area contributed by atoms with Crippen molar-refractivity contribution in [2.45, 2.75) is 19.9 Å². The largest absolute Gasteiger partial charge is 0.493 e. The van der Waals surface area contributed by atoms with Gasteiger partial charge in [-0.2, -0.15) is 0 Å². The van der Waals surface area contributed by atoms with Crippen molar-refractivity contribution >= 4 is 33.9 Å². The first-order chi connectivity index (χ1) is 17.5. The van der Waals surface area contributed by atoms with E-state index in [1.165, 1.54) is 5.56 Å². The summed E-state index contributed by atoms with van der Waals surface area (Å²) in [7, 11) is 3.18. The first kappa shape index (κ1) is 25.9. The number of nitrogens with one attached hydrogen (secondary N) is 2. The number of nitrogens with zero attached hydrogens (tertiary/aromatic N) is 2. The van der Waals surface area contributed by atoms with E-state index in [1.54, 1.807) is 20.3 Å². The highest BCUT2D eigenvalue weighted by molar-refractivity contribution is 7.80. The number of ether oxygens (including phenoxy) is 3. The van der Waals surface area contributed by atoms with Crippen LogP contribution in [0.15, 0.2) is 47.3 Å². The van der Waals surface area contributed by atoms with Crippen LogP contribution in [0.5, 0.6) is 11.5 Å². The summed E-state index contributed by atoms with van der Waals surface area (Å²) in [5.41, 5.74) is 3.36. The number of fused-ring (bicyclic) bond motifs is 1. The number of H-pyrrole nitrogens is 1. The van der Waals surface area contributed by atoms with Gasteiger partial charge in [-0.25, -0.2) is 0 Å². The Balaban J connectivity index is 1.61. The molecule has 1 aliphatic rings.